The van der Waals surface area contributed by atoms with E-state index in [1.54, 1.807) is 0 Å². The summed E-state index contributed by atoms with van der Waals surface area (Å²) in [6.45, 7) is 13.7. The molecule has 0 spiro atoms. The summed E-state index contributed by atoms with van der Waals surface area (Å²) in [7, 11) is 0. The molecule has 0 saturated carbocycles. The Kier molecular flexibility index (Phi) is 4.67. The van der Waals surface area contributed by atoms with Crippen molar-refractivity contribution in [3.8, 4) is 33.4 Å². The fourth-order valence-electron chi connectivity index (χ4n) is 5.16. The molecule has 0 heterocycles. The van der Waals surface area contributed by atoms with Crippen LogP contribution in [0.4, 0.5) is 0 Å². The molecule has 0 saturated heterocycles. The topological polar surface area (TPSA) is 0 Å². The minimum atomic E-state index is -0.00368. The maximum Gasteiger partial charge on any atom is 0.0159 e. The SMILES string of the molecule is Cc1ccccc1-c1ccc2c(c1)-c1ccc(-c3ccc(C(C)(C)C)cc3)cc1C2(C)C. The fraction of sp³-hybridized carbons (Fsp3) is 0.250. The number of rotatable bonds is 2. The Bertz CT molecular complexity index is 1310. The maximum absolute atomic E-state index is 2.41. The van der Waals surface area contributed by atoms with E-state index in [1.165, 1.54) is 55.6 Å². The first-order valence-corrected chi connectivity index (χ1v) is 11.6. The maximum atomic E-state index is 2.41. The van der Waals surface area contributed by atoms with Gasteiger partial charge in [0, 0.05) is 5.41 Å². The molecule has 0 amide bonds. The minimum Gasteiger partial charge on any atom is -0.0620 e. The molecule has 1 aliphatic rings. The first-order valence-electron chi connectivity index (χ1n) is 11.6. The lowest BCUT2D eigenvalue weighted by Gasteiger charge is -2.22. The van der Waals surface area contributed by atoms with Crippen molar-refractivity contribution in [1.82, 2.24) is 0 Å². The van der Waals surface area contributed by atoms with Crippen LogP contribution in [0.2, 0.25) is 0 Å². The van der Waals surface area contributed by atoms with Crippen LogP contribution in [-0.2, 0) is 10.8 Å². The Morgan fingerprint density at radius 1 is 0.562 bits per heavy atom. The van der Waals surface area contributed by atoms with Gasteiger partial charge in [-0.3, -0.25) is 0 Å². The number of hydrogen-bond donors (Lipinski definition) is 0. The second-order valence-corrected chi connectivity index (χ2v) is 10.8. The zero-order chi connectivity index (χ0) is 22.7. The zero-order valence-corrected chi connectivity index (χ0v) is 20.1. The summed E-state index contributed by atoms with van der Waals surface area (Å²) in [4.78, 5) is 0. The van der Waals surface area contributed by atoms with Crippen LogP contribution in [0.3, 0.4) is 0 Å². The summed E-state index contributed by atoms with van der Waals surface area (Å²) < 4.78 is 0. The molecule has 5 rings (SSSR count). The molecule has 0 N–H and O–H groups in total. The minimum absolute atomic E-state index is 0.00368. The number of aryl methyl sites for hydroxylation is 1. The van der Waals surface area contributed by atoms with Crippen LogP contribution < -0.4 is 0 Å². The summed E-state index contributed by atoms with van der Waals surface area (Å²) in [6, 6.07) is 31.8. The predicted octanol–water partition coefficient (Wildman–Crippen LogP) is 8.93. The van der Waals surface area contributed by atoms with E-state index in [0.717, 1.165) is 0 Å². The van der Waals surface area contributed by atoms with Crippen molar-refractivity contribution in [2.24, 2.45) is 0 Å². The predicted molar refractivity (Wildman–Crippen MR) is 138 cm³/mol. The van der Waals surface area contributed by atoms with Crippen molar-refractivity contribution in [2.45, 2.75) is 52.4 Å². The highest BCUT2D eigenvalue weighted by Gasteiger charge is 2.35. The summed E-state index contributed by atoms with van der Waals surface area (Å²) in [5.74, 6) is 0. The van der Waals surface area contributed by atoms with Crippen molar-refractivity contribution in [3.63, 3.8) is 0 Å². The molecular formula is C32H32. The summed E-state index contributed by atoms with van der Waals surface area (Å²) >= 11 is 0. The van der Waals surface area contributed by atoms with E-state index in [0.29, 0.717) is 0 Å². The van der Waals surface area contributed by atoms with Crippen LogP contribution in [0.1, 0.15) is 56.9 Å². The molecule has 0 aromatic heterocycles. The van der Waals surface area contributed by atoms with E-state index in [1.807, 2.05) is 0 Å². The average Bonchev–Trinajstić information content (AvgIpc) is 3.00. The van der Waals surface area contributed by atoms with E-state index in [2.05, 4.69) is 126 Å². The Balaban J connectivity index is 1.59. The van der Waals surface area contributed by atoms with Gasteiger partial charge in [-0.2, -0.15) is 0 Å². The van der Waals surface area contributed by atoms with Crippen molar-refractivity contribution >= 4 is 0 Å². The quantitative estimate of drug-likeness (QED) is 0.306. The van der Waals surface area contributed by atoms with Crippen molar-refractivity contribution < 1.29 is 0 Å². The van der Waals surface area contributed by atoms with Gasteiger partial charge in [0.25, 0.3) is 0 Å². The van der Waals surface area contributed by atoms with Gasteiger partial charge in [-0.05, 0) is 80.1 Å². The van der Waals surface area contributed by atoms with Gasteiger partial charge in [-0.1, -0.05) is 107 Å². The molecule has 0 unspecified atom stereocenters. The van der Waals surface area contributed by atoms with Crippen molar-refractivity contribution in [3.05, 3.63) is 107 Å². The summed E-state index contributed by atoms with van der Waals surface area (Å²) in [5.41, 5.74) is 13.7. The van der Waals surface area contributed by atoms with Crippen molar-refractivity contribution in [1.29, 1.82) is 0 Å². The third kappa shape index (κ3) is 3.30. The highest BCUT2D eigenvalue weighted by molar-refractivity contribution is 5.86. The van der Waals surface area contributed by atoms with Gasteiger partial charge < -0.3 is 0 Å². The highest BCUT2D eigenvalue weighted by atomic mass is 14.4. The van der Waals surface area contributed by atoms with Gasteiger partial charge in [0.15, 0.2) is 0 Å². The van der Waals surface area contributed by atoms with Crippen LogP contribution in [0.15, 0.2) is 84.9 Å². The summed E-state index contributed by atoms with van der Waals surface area (Å²) in [6.07, 6.45) is 0. The van der Waals surface area contributed by atoms with Gasteiger partial charge in [0.05, 0.1) is 0 Å². The van der Waals surface area contributed by atoms with E-state index in [4.69, 9.17) is 0 Å². The molecule has 0 bridgehead atoms. The molecule has 0 radical (unpaired) electrons. The molecule has 0 aliphatic heterocycles. The molecular weight excluding hydrogens is 384 g/mol. The monoisotopic (exact) mass is 416 g/mol. The van der Waals surface area contributed by atoms with E-state index in [9.17, 15) is 0 Å². The van der Waals surface area contributed by atoms with Gasteiger partial charge >= 0.3 is 0 Å². The second-order valence-electron chi connectivity index (χ2n) is 10.8. The molecule has 0 fully saturated rings. The average molecular weight is 417 g/mol. The molecule has 1 aliphatic carbocycles. The third-order valence-corrected chi connectivity index (χ3v) is 7.22. The van der Waals surface area contributed by atoms with Gasteiger partial charge in [-0.25, -0.2) is 0 Å². The van der Waals surface area contributed by atoms with Gasteiger partial charge in [0.1, 0.15) is 0 Å². The van der Waals surface area contributed by atoms with E-state index < -0.39 is 0 Å². The Morgan fingerprint density at radius 2 is 1.22 bits per heavy atom. The first-order chi connectivity index (χ1) is 15.2. The summed E-state index contributed by atoms with van der Waals surface area (Å²) in [5, 5.41) is 0. The second kappa shape index (κ2) is 7.20. The molecule has 4 aromatic rings. The smallest absolute Gasteiger partial charge is 0.0159 e. The lowest BCUT2D eigenvalue weighted by atomic mass is 9.81. The van der Waals surface area contributed by atoms with Crippen LogP contribution in [0.25, 0.3) is 33.4 Å². The molecule has 0 atom stereocenters. The van der Waals surface area contributed by atoms with Crippen LogP contribution in [0, 0.1) is 6.92 Å². The standard InChI is InChI=1S/C32H32/c1-21-9-7-8-10-26(21)24-14-18-29-28(19-24)27-17-13-23(20-30(27)32(29,5)6)22-11-15-25(16-12-22)31(2,3)4/h7-20H,1-6H3. The lowest BCUT2D eigenvalue weighted by molar-refractivity contribution is 0.590. The van der Waals surface area contributed by atoms with Gasteiger partial charge in [-0.15, -0.1) is 0 Å². The van der Waals surface area contributed by atoms with Crippen LogP contribution >= 0.6 is 0 Å². The molecule has 4 aromatic carbocycles. The van der Waals surface area contributed by atoms with E-state index in [-0.39, 0.29) is 10.8 Å². The largest absolute Gasteiger partial charge is 0.0620 e. The third-order valence-electron chi connectivity index (χ3n) is 7.22. The number of benzene rings is 4. The molecule has 160 valence electrons. The molecule has 0 nitrogen and oxygen atoms in total. The Labute approximate surface area is 193 Å². The normalized spacial score (nSPS) is 14.2. The fourth-order valence-corrected chi connectivity index (χ4v) is 5.16. The van der Waals surface area contributed by atoms with Crippen molar-refractivity contribution in [2.75, 3.05) is 0 Å². The number of hydrogen-bond acceptors (Lipinski definition) is 0. The first kappa shape index (κ1) is 20.8. The molecule has 0 heteroatoms. The van der Waals surface area contributed by atoms with Gasteiger partial charge in [0.2, 0.25) is 0 Å². The van der Waals surface area contributed by atoms with Crippen LogP contribution in [0.5, 0.6) is 0 Å². The lowest BCUT2D eigenvalue weighted by Crippen LogP contribution is -2.15. The number of fused-ring (bicyclic) bond motifs is 3. The Hall–Kier alpha value is -3.12. The van der Waals surface area contributed by atoms with E-state index >= 15 is 0 Å². The molecule has 32 heavy (non-hydrogen) atoms. The Morgan fingerprint density at radius 3 is 1.91 bits per heavy atom. The zero-order valence-electron chi connectivity index (χ0n) is 20.1. The highest BCUT2D eigenvalue weighted by Crippen LogP contribution is 2.50. The van der Waals surface area contributed by atoms with Crippen LogP contribution in [-0.4, -0.2) is 0 Å².